The fraction of sp³-hybridized carbons (Fsp3) is 0.333. The van der Waals surface area contributed by atoms with Crippen molar-refractivity contribution in [3.05, 3.63) is 58.5 Å². The first-order chi connectivity index (χ1) is 17.0. The van der Waals surface area contributed by atoms with Gasteiger partial charge in [-0.05, 0) is 62.1 Å². The number of ether oxygens (including phenoxy) is 2. The Morgan fingerprint density at radius 3 is 2.39 bits per heavy atom. The molecule has 192 valence electrons. The first kappa shape index (κ1) is 26.5. The Morgan fingerprint density at radius 1 is 1.17 bits per heavy atom. The summed E-state index contributed by atoms with van der Waals surface area (Å²) in [6.45, 7) is 5.41. The van der Waals surface area contributed by atoms with Crippen LogP contribution in [0.3, 0.4) is 0 Å². The summed E-state index contributed by atoms with van der Waals surface area (Å²) >= 11 is 0.731. The lowest BCUT2D eigenvalue weighted by atomic mass is 10.0. The number of aromatic nitrogens is 1. The lowest BCUT2D eigenvalue weighted by molar-refractivity contribution is -0.127. The van der Waals surface area contributed by atoms with Crippen molar-refractivity contribution in [1.29, 1.82) is 0 Å². The molecule has 0 aliphatic rings. The van der Waals surface area contributed by atoms with Crippen molar-refractivity contribution >= 4 is 34.9 Å². The number of nitrogens with two attached hydrogens (primary N) is 2. The maximum atomic E-state index is 13.9. The van der Waals surface area contributed by atoms with Gasteiger partial charge in [0.2, 0.25) is 5.91 Å². The second kappa shape index (κ2) is 10.7. The zero-order valence-electron chi connectivity index (χ0n) is 20.7. The molecule has 0 saturated heterocycles. The first-order valence-electron chi connectivity index (χ1n) is 10.9. The highest BCUT2D eigenvalue weighted by Crippen LogP contribution is 2.35. The van der Waals surface area contributed by atoms with Crippen LogP contribution in [0.5, 0.6) is 11.5 Å². The largest absolute Gasteiger partial charge is 0.493 e. The summed E-state index contributed by atoms with van der Waals surface area (Å²) in [5.74, 6) is -0.677. The zero-order valence-corrected chi connectivity index (χ0v) is 21.5. The number of primary amides is 1. The predicted molar refractivity (Wildman–Crippen MR) is 134 cm³/mol. The number of amides is 3. The van der Waals surface area contributed by atoms with E-state index in [1.165, 1.54) is 25.4 Å². The third-order valence-corrected chi connectivity index (χ3v) is 5.96. The van der Waals surface area contributed by atoms with Crippen molar-refractivity contribution in [3.63, 3.8) is 0 Å². The second-order valence-corrected chi connectivity index (χ2v) is 9.68. The number of nitrogen functional groups attached to an aromatic ring is 1. The number of hydrogen-bond donors (Lipinski definition) is 3. The van der Waals surface area contributed by atoms with E-state index in [0.29, 0.717) is 22.8 Å². The molecule has 5 N–H and O–H groups in total. The molecule has 1 aromatic carbocycles. The average molecular weight is 516 g/mol. The number of carbonyl (C=O) groups is 3. The summed E-state index contributed by atoms with van der Waals surface area (Å²) < 4.78 is 20.2. The van der Waals surface area contributed by atoms with Crippen molar-refractivity contribution in [1.82, 2.24) is 14.6 Å². The van der Waals surface area contributed by atoms with Crippen molar-refractivity contribution in [2.75, 3.05) is 20.0 Å². The molecule has 0 spiro atoms. The van der Waals surface area contributed by atoms with Gasteiger partial charge in [-0.3, -0.25) is 14.4 Å². The van der Waals surface area contributed by atoms with Gasteiger partial charge in [0.1, 0.15) is 16.7 Å². The van der Waals surface area contributed by atoms with E-state index in [2.05, 4.69) is 9.69 Å². The van der Waals surface area contributed by atoms with E-state index in [-0.39, 0.29) is 22.8 Å². The van der Waals surface area contributed by atoms with Gasteiger partial charge in [-0.25, -0.2) is 0 Å². The maximum Gasteiger partial charge on any atom is 0.270 e. The normalized spacial score (nSPS) is 12.0. The molecule has 0 fully saturated rings. The number of benzene rings is 1. The topological polar surface area (TPSA) is 163 Å². The Balaban J connectivity index is 2.19. The molecule has 0 unspecified atom stereocenters. The SMILES string of the molecule is COc1ccc([C@H](C(=O)NC(C)(C)C)N(Cc2ccco2)C(=O)c2snc(C(N)=O)c2N)cc1OC. The molecule has 3 rings (SSSR count). The van der Waals surface area contributed by atoms with Gasteiger partial charge in [0.15, 0.2) is 17.2 Å². The smallest absolute Gasteiger partial charge is 0.270 e. The summed E-state index contributed by atoms with van der Waals surface area (Å²) in [6.07, 6.45) is 1.46. The maximum absolute atomic E-state index is 13.9. The summed E-state index contributed by atoms with van der Waals surface area (Å²) in [6, 6.07) is 7.15. The molecule has 0 radical (unpaired) electrons. The van der Waals surface area contributed by atoms with Crippen LogP contribution in [-0.2, 0) is 11.3 Å². The van der Waals surface area contributed by atoms with Crippen molar-refractivity contribution < 1.29 is 28.3 Å². The molecular formula is C24H29N5O6S. The summed E-state index contributed by atoms with van der Waals surface area (Å²) in [7, 11) is 2.97. The van der Waals surface area contributed by atoms with Gasteiger partial charge in [-0.2, -0.15) is 4.37 Å². The van der Waals surface area contributed by atoms with Crippen LogP contribution in [0.1, 0.15) is 58.3 Å². The molecule has 12 heteroatoms. The van der Waals surface area contributed by atoms with Crippen molar-refractivity contribution in [2.45, 2.75) is 38.9 Å². The van der Waals surface area contributed by atoms with Crippen LogP contribution < -0.4 is 26.3 Å². The Kier molecular flexibility index (Phi) is 7.88. The van der Waals surface area contributed by atoms with E-state index in [9.17, 15) is 14.4 Å². The summed E-state index contributed by atoms with van der Waals surface area (Å²) in [5.41, 5.74) is 10.9. The van der Waals surface area contributed by atoms with Crippen LogP contribution in [0.15, 0.2) is 41.0 Å². The molecule has 0 saturated carbocycles. The van der Waals surface area contributed by atoms with Crippen LogP contribution in [-0.4, -0.2) is 46.8 Å². The molecule has 2 heterocycles. The number of anilines is 1. The van der Waals surface area contributed by atoms with Crippen molar-refractivity contribution in [3.8, 4) is 11.5 Å². The Morgan fingerprint density at radius 2 is 1.86 bits per heavy atom. The molecule has 1 atom stereocenters. The van der Waals surface area contributed by atoms with Crippen LogP contribution in [0, 0.1) is 0 Å². The molecule has 2 aromatic heterocycles. The minimum absolute atomic E-state index is 0.0237. The molecule has 0 aliphatic heterocycles. The minimum atomic E-state index is -1.14. The van der Waals surface area contributed by atoms with Crippen LogP contribution >= 0.6 is 11.5 Å². The number of methoxy groups -OCH3 is 2. The molecule has 0 aliphatic carbocycles. The van der Waals surface area contributed by atoms with Gasteiger partial charge < -0.3 is 35.6 Å². The molecule has 0 bridgehead atoms. The van der Waals surface area contributed by atoms with E-state index < -0.39 is 29.3 Å². The van der Waals surface area contributed by atoms with E-state index in [0.717, 1.165) is 11.5 Å². The zero-order chi connectivity index (χ0) is 26.6. The number of furan rings is 1. The lowest BCUT2D eigenvalue weighted by Gasteiger charge is -2.33. The highest BCUT2D eigenvalue weighted by Gasteiger charge is 2.37. The summed E-state index contributed by atoms with van der Waals surface area (Å²) in [5, 5.41) is 2.94. The first-order valence-corrected chi connectivity index (χ1v) is 11.7. The lowest BCUT2D eigenvalue weighted by Crippen LogP contribution is -2.49. The fourth-order valence-corrected chi connectivity index (χ4v) is 4.31. The van der Waals surface area contributed by atoms with Gasteiger partial charge in [-0.1, -0.05) is 6.07 Å². The number of hydrogen-bond acceptors (Lipinski definition) is 9. The minimum Gasteiger partial charge on any atom is -0.493 e. The molecule has 11 nitrogen and oxygen atoms in total. The Bertz CT molecular complexity index is 1250. The average Bonchev–Trinajstić information content (AvgIpc) is 3.46. The van der Waals surface area contributed by atoms with E-state index in [1.807, 2.05) is 20.8 Å². The van der Waals surface area contributed by atoms with Gasteiger partial charge in [0.25, 0.3) is 11.8 Å². The highest BCUT2D eigenvalue weighted by molar-refractivity contribution is 7.09. The van der Waals surface area contributed by atoms with Gasteiger partial charge in [0, 0.05) is 5.54 Å². The number of carbonyl (C=O) groups excluding carboxylic acids is 3. The predicted octanol–water partition coefficient (Wildman–Crippen LogP) is 2.73. The molecule has 3 aromatic rings. The number of nitrogens with one attached hydrogen (secondary N) is 1. The van der Waals surface area contributed by atoms with E-state index in [1.54, 1.807) is 30.3 Å². The summed E-state index contributed by atoms with van der Waals surface area (Å²) in [4.78, 5) is 40.5. The van der Waals surface area contributed by atoms with E-state index >= 15 is 0 Å². The fourth-order valence-electron chi connectivity index (χ4n) is 3.54. The van der Waals surface area contributed by atoms with E-state index in [4.69, 9.17) is 25.4 Å². The Labute approximate surface area is 212 Å². The molecule has 3 amide bonds. The number of nitrogens with zero attached hydrogens (tertiary/aromatic N) is 2. The van der Waals surface area contributed by atoms with Crippen LogP contribution in [0.2, 0.25) is 0 Å². The van der Waals surface area contributed by atoms with Crippen LogP contribution in [0.25, 0.3) is 0 Å². The third kappa shape index (κ3) is 5.77. The number of rotatable bonds is 9. The van der Waals surface area contributed by atoms with Crippen LogP contribution in [0.4, 0.5) is 5.69 Å². The van der Waals surface area contributed by atoms with Gasteiger partial charge >= 0.3 is 0 Å². The standard InChI is InChI=1S/C24H29N5O6S/c1-24(2,3)27-22(31)19(13-8-9-15(33-4)16(11-13)34-5)29(12-14-7-6-10-35-14)23(32)20-17(25)18(21(26)30)28-36-20/h6-11,19H,12,25H2,1-5H3,(H2,26,30)(H,27,31)/t19-/m1/s1. The Hall–Kier alpha value is -4.06. The molecule has 36 heavy (non-hydrogen) atoms. The monoisotopic (exact) mass is 515 g/mol. The van der Waals surface area contributed by atoms with Crippen molar-refractivity contribution in [2.24, 2.45) is 5.73 Å². The molecular weight excluding hydrogens is 486 g/mol. The van der Waals surface area contributed by atoms with Gasteiger partial charge in [-0.15, -0.1) is 0 Å². The third-order valence-electron chi connectivity index (χ3n) is 5.10. The highest BCUT2D eigenvalue weighted by atomic mass is 32.1. The quantitative estimate of drug-likeness (QED) is 0.392. The second-order valence-electron chi connectivity index (χ2n) is 8.91. The van der Waals surface area contributed by atoms with Gasteiger partial charge in [0.05, 0.1) is 32.7 Å².